The molecule has 0 saturated carbocycles. The van der Waals surface area contributed by atoms with E-state index < -0.39 is 0 Å². The van der Waals surface area contributed by atoms with Gasteiger partial charge in [-0.1, -0.05) is 11.6 Å². The predicted molar refractivity (Wildman–Crippen MR) is 79.1 cm³/mol. The molecule has 1 amide bonds. The summed E-state index contributed by atoms with van der Waals surface area (Å²) >= 11 is 7.29. The summed E-state index contributed by atoms with van der Waals surface area (Å²) in [5.41, 5.74) is 0.549. The van der Waals surface area contributed by atoms with Gasteiger partial charge in [-0.15, -0.1) is 11.3 Å². The minimum absolute atomic E-state index is 0.137. The maximum atomic E-state index is 11.9. The van der Waals surface area contributed by atoms with E-state index in [2.05, 4.69) is 10.3 Å². The number of carbonyl (C=O) groups is 1. The van der Waals surface area contributed by atoms with Gasteiger partial charge >= 0.3 is 0 Å². The summed E-state index contributed by atoms with van der Waals surface area (Å²) in [6, 6.07) is 7.30. The summed E-state index contributed by atoms with van der Waals surface area (Å²) in [5, 5.41) is 2.84. The third-order valence-corrected chi connectivity index (χ3v) is 3.75. The van der Waals surface area contributed by atoms with Crippen LogP contribution in [0.2, 0.25) is 4.34 Å². The smallest absolute Gasteiger partial charge is 0.253 e. The van der Waals surface area contributed by atoms with Gasteiger partial charge in [0.2, 0.25) is 0 Å². The Morgan fingerprint density at radius 2 is 2.16 bits per heavy atom. The second-order valence-electron chi connectivity index (χ2n) is 4.19. The molecule has 0 aliphatic rings. The first-order valence-corrected chi connectivity index (χ1v) is 6.91. The van der Waals surface area contributed by atoms with Crippen LogP contribution in [0.5, 0.6) is 0 Å². The van der Waals surface area contributed by atoms with Crippen molar-refractivity contribution in [1.82, 2.24) is 10.3 Å². The predicted octanol–water partition coefficient (Wildman–Crippen LogP) is 2.79. The first kappa shape index (κ1) is 13.8. The Labute approximate surface area is 121 Å². The quantitative estimate of drug-likeness (QED) is 0.943. The molecule has 2 rings (SSSR count). The molecule has 19 heavy (non-hydrogen) atoms. The maximum absolute atomic E-state index is 11.9. The van der Waals surface area contributed by atoms with Gasteiger partial charge in [-0.3, -0.25) is 4.79 Å². The molecule has 0 fully saturated rings. The summed E-state index contributed by atoms with van der Waals surface area (Å²) in [6.07, 6.45) is 1.58. The largest absolute Gasteiger partial charge is 0.363 e. The van der Waals surface area contributed by atoms with Crippen molar-refractivity contribution in [2.75, 3.05) is 19.0 Å². The lowest BCUT2D eigenvalue weighted by Gasteiger charge is -2.11. The van der Waals surface area contributed by atoms with Gasteiger partial charge < -0.3 is 10.2 Å². The van der Waals surface area contributed by atoms with Gasteiger partial charge in [0.05, 0.1) is 16.4 Å². The molecule has 2 aromatic rings. The number of nitrogens with one attached hydrogen (secondary N) is 1. The zero-order valence-electron chi connectivity index (χ0n) is 10.7. The minimum atomic E-state index is -0.137. The lowest BCUT2D eigenvalue weighted by Crippen LogP contribution is -2.22. The number of nitrogens with zero attached hydrogens (tertiary/aromatic N) is 2. The Balaban J connectivity index is 1.96. The molecule has 0 unspecified atom stereocenters. The highest BCUT2D eigenvalue weighted by Gasteiger charge is 2.07. The summed E-state index contributed by atoms with van der Waals surface area (Å²) in [7, 11) is 3.81. The van der Waals surface area contributed by atoms with Crippen molar-refractivity contribution in [2.45, 2.75) is 6.54 Å². The van der Waals surface area contributed by atoms with Crippen LogP contribution in [0.15, 0.2) is 30.5 Å². The number of hydrogen-bond acceptors (Lipinski definition) is 4. The van der Waals surface area contributed by atoms with Crippen molar-refractivity contribution in [3.63, 3.8) is 0 Å². The fraction of sp³-hybridized carbons (Fsp3) is 0.231. The number of anilines is 1. The van der Waals surface area contributed by atoms with Gasteiger partial charge in [-0.05, 0) is 24.3 Å². The molecule has 6 heteroatoms. The monoisotopic (exact) mass is 295 g/mol. The summed E-state index contributed by atoms with van der Waals surface area (Å²) in [6.45, 7) is 0.478. The Hall–Kier alpha value is -1.59. The molecule has 4 nitrogen and oxygen atoms in total. The van der Waals surface area contributed by atoms with Crippen LogP contribution in [0, 0.1) is 0 Å². The van der Waals surface area contributed by atoms with Crippen molar-refractivity contribution in [3.05, 3.63) is 45.2 Å². The number of carbonyl (C=O) groups excluding carboxylic acids is 1. The van der Waals surface area contributed by atoms with Gasteiger partial charge in [-0.25, -0.2) is 4.98 Å². The average Bonchev–Trinajstić information content (AvgIpc) is 2.82. The first-order chi connectivity index (χ1) is 9.06. The lowest BCUT2D eigenvalue weighted by molar-refractivity contribution is 0.0951. The van der Waals surface area contributed by atoms with E-state index in [1.165, 1.54) is 11.3 Å². The van der Waals surface area contributed by atoms with E-state index in [1.807, 2.05) is 37.2 Å². The number of halogens is 1. The highest BCUT2D eigenvalue weighted by molar-refractivity contribution is 7.16. The van der Waals surface area contributed by atoms with E-state index >= 15 is 0 Å². The van der Waals surface area contributed by atoms with Crippen LogP contribution in [-0.2, 0) is 6.54 Å². The number of thiophene rings is 1. The molecule has 100 valence electrons. The molecule has 1 N–H and O–H groups in total. The zero-order valence-corrected chi connectivity index (χ0v) is 12.3. The molecular formula is C13H14ClN3OS. The van der Waals surface area contributed by atoms with Crippen LogP contribution in [0.25, 0.3) is 0 Å². The Bertz CT molecular complexity index is 566. The van der Waals surface area contributed by atoms with Crippen molar-refractivity contribution in [2.24, 2.45) is 0 Å². The Morgan fingerprint density at radius 3 is 2.68 bits per heavy atom. The van der Waals surface area contributed by atoms with Crippen LogP contribution in [0.4, 0.5) is 5.82 Å². The van der Waals surface area contributed by atoms with Crippen molar-refractivity contribution in [1.29, 1.82) is 0 Å². The highest BCUT2D eigenvalue weighted by Crippen LogP contribution is 2.21. The van der Waals surface area contributed by atoms with E-state index in [4.69, 9.17) is 11.6 Å². The van der Waals surface area contributed by atoms with Gasteiger partial charge in [0.1, 0.15) is 5.82 Å². The third kappa shape index (κ3) is 3.68. The first-order valence-electron chi connectivity index (χ1n) is 5.72. The molecule has 0 atom stereocenters. The number of amides is 1. The third-order valence-electron chi connectivity index (χ3n) is 2.52. The van der Waals surface area contributed by atoms with Crippen LogP contribution in [-0.4, -0.2) is 25.0 Å². The van der Waals surface area contributed by atoms with Crippen LogP contribution in [0.3, 0.4) is 0 Å². The van der Waals surface area contributed by atoms with Gasteiger partial charge in [0, 0.05) is 25.2 Å². The molecule has 0 radical (unpaired) electrons. The highest BCUT2D eigenvalue weighted by atomic mass is 35.5. The van der Waals surface area contributed by atoms with Crippen LogP contribution >= 0.6 is 22.9 Å². The Morgan fingerprint density at radius 1 is 1.37 bits per heavy atom. The topological polar surface area (TPSA) is 45.2 Å². The van der Waals surface area contributed by atoms with E-state index in [-0.39, 0.29) is 5.91 Å². The molecule has 0 aromatic carbocycles. The fourth-order valence-electron chi connectivity index (χ4n) is 1.50. The SMILES string of the molecule is CN(C)c1ccc(C(=O)NCc2ccc(Cl)s2)cn1. The Kier molecular flexibility index (Phi) is 4.39. The molecular weight excluding hydrogens is 282 g/mol. The number of hydrogen-bond donors (Lipinski definition) is 1. The molecule has 0 aliphatic heterocycles. The van der Waals surface area contributed by atoms with Crippen LogP contribution in [0.1, 0.15) is 15.2 Å². The second kappa shape index (κ2) is 6.04. The van der Waals surface area contributed by atoms with E-state index in [0.29, 0.717) is 12.1 Å². The van der Waals surface area contributed by atoms with E-state index in [0.717, 1.165) is 15.0 Å². The van der Waals surface area contributed by atoms with E-state index in [1.54, 1.807) is 12.3 Å². The van der Waals surface area contributed by atoms with Gasteiger partial charge in [0.25, 0.3) is 5.91 Å². The molecule has 2 heterocycles. The van der Waals surface area contributed by atoms with Crippen LogP contribution < -0.4 is 10.2 Å². The standard InChI is InChI=1S/C13H14ClN3OS/c1-17(2)12-6-3-9(7-15-12)13(18)16-8-10-4-5-11(14)19-10/h3-7H,8H2,1-2H3,(H,16,18). The molecule has 0 spiro atoms. The number of pyridine rings is 1. The second-order valence-corrected chi connectivity index (χ2v) is 5.99. The summed E-state index contributed by atoms with van der Waals surface area (Å²) in [4.78, 5) is 19.0. The fourth-order valence-corrected chi connectivity index (χ4v) is 2.53. The molecule has 0 saturated heterocycles. The minimum Gasteiger partial charge on any atom is -0.363 e. The van der Waals surface area contributed by atoms with Gasteiger partial charge in [-0.2, -0.15) is 0 Å². The average molecular weight is 296 g/mol. The number of aromatic nitrogens is 1. The van der Waals surface area contributed by atoms with E-state index in [9.17, 15) is 4.79 Å². The summed E-state index contributed by atoms with van der Waals surface area (Å²) in [5.74, 6) is 0.684. The number of rotatable bonds is 4. The lowest BCUT2D eigenvalue weighted by atomic mass is 10.2. The van der Waals surface area contributed by atoms with Gasteiger partial charge in [0.15, 0.2) is 0 Å². The normalized spacial score (nSPS) is 10.3. The zero-order chi connectivity index (χ0) is 13.8. The van der Waals surface area contributed by atoms with Crippen molar-refractivity contribution in [3.8, 4) is 0 Å². The molecule has 0 aliphatic carbocycles. The maximum Gasteiger partial charge on any atom is 0.253 e. The van der Waals surface area contributed by atoms with Crippen molar-refractivity contribution >= 4 is 34.7 Å². The molecule has 0 bridgehead atoms. The molecule has 2 aromatic heterocycles. The summed E-state index contributed by atoms with van der Waals surface area (Å²) < 4.78 is 0.723. The van der Waals surface area contributed by atoms with Crippen molar-refractivity contribution < 1.29 is 4.79 Å².